The first-order chi connectivity index (χ1) is 6.55. The molecule has 0 aromatic rings. The van der Waals surface area contributed by atoms with Crippen molar-refractivity contribution in [3.8, 4) is 0 Å². The normalized spacial score (nSPS) is 34.8. The van der Waals surface area contributed by atoms with Crippen LogP contribution in [-0.2, 0) is 0 Å². The van der Waals surface area contributed by atoms with Crippen LogP contribution in [0.4, 0.5) is 8.78 Å². The highest BCUT2D eigenvalue weighted by atomic mass is 19.2. The van der Waals surface area contributed by atoms with Crippen molar-refractivity contribution in [2.75, 3.05) is 6.54 Å². The molecule has 0 N–H and O–H groups in total. The van der Waals surface area contributed by atoms with E-state index in [1.807, 2.05) is 46.4 Å². The number of rotatable bonds is 0. The Morgan fingerprint density at radius 3 is 1.73 bits per heavy atom. The highest BCUT2D eigenvalue weighted by Gasteiger charge is 2.51. The summed E-state index contributed by atoms with van der Waals surface area (Å²) >= 11 is 0. The van der Waals surface area contributed by atoms with Crippen LogP contribution in [0.15, 0.2) is 0 Å². The third-order valence-electron chi connectivity index (χ3n) is 3.10. The average molecular weight is 219 g/mol. The summed E-state index contributed by atoms with van der Waals surface area (Å²) < 4.78 is 27.3. The lowest BCUT2D eigenvalue weighted by molar-refractivity contribution is 0.0288. The molecule has 1 saturated heterocycles. The Hall–Kier alpha value is -0.180. The maximum atomic E-state index is 13.8. The van der Waals surface area contributed by atoms with Crippen molar-refractivity contribution in [3.05, 3.63) is 0 Å². The summed E-state index contributed by atoms with van der Waals surface area (Å²) in [5.74, 6) is 0. The lowest BCUT2D eigenvalue weighted by Gasteiger charge is -2.43. The highest BCUT2D eigenvalue weighted by Crippen LogP contribution is 2.39. The van der Waals surface area contributed by atoms with Crippen molar-refractivity contribution in [2.45, 2.75) is 65.5 Å². The fourth-order valence-electron chi connectivity index (χ4n) is 2.41. The highest BCUT2D eigenvalue weighted by molar-refractivity contribution is 5.03. The number of hydrogen-bond donors (Lipinski definition) is 0. The van der Waals surface area contributed by atoms with Crippen LogP contribution < -0.4 is 0 Å². The van der Waals surface area contributed by atoms with Crippen molar-refractivity contribution >= 4 is 0 Å². The second-order valence-electron chi connectivity index (χ2n) is 6.59. The zero-order chi connectivity index (χ0) is 12.0. The van der Waals surface area contributed by atoms with Gasteiger partial charge < -0.3 is 0 Å². The standard InChI is InChI=1S/C12H23F2N/c1-11(2,3)10-9(14)8(13)7-15(10)12(4,5)6/h8-10H,7H2,1-6H3/t8-,9-,10+/m1/s1. The van der Waals surface area contributed by atoms with Gasteiger partial charge in [-0.2, -0.15) is 0 Å². The van der Waals surface area contributed by atoms with Crippen LogP contribution >= 0.6 is 0 Å². The predicted octanol–water partition coefficient (Wildman–Crippen LogP) is 3.19. The summed E-state index contributed by atoms with van der Waals surface area (Å²) in [6.45, 7) is 12.2. The Balaban J connectivity index is 2.98. The van der Waals surface area contributed by atoms with Crippen LogP contribution in [0.25, 0.3) is 0 Å². The van der Waals surface area contributed by atoms with Gasteiger partial charge in [0.15, 0.2) is 0 Å². The monoisotopic (exact) mass is 219 g/mol. The van der Waals surface area contributed by atoms with Crippen LogP contribution in [0.3, 0.4) is 0 Å². The Kier molecular flexibility index (Phi) is 3.17. The Bertz CT molecular complexity index is 227. The summed E-state index contributed by atoms with van der Waals surface area (Å²) in [7, 11) is 0. The maximum absolute atomic E-state index is 13.8. The molecule has 0 aliphatic carbocycles. The molecule has 0 amide bonds. The first-order valence-electron chi connectivity index (χ1n) is 5.60. The second kappa shape index (κ2) is 3.69. The van der Waals surface area contributed by atoms with Gasteiger partial charge in [-0.05, 0) is 26.2 Å². The van der Waals surface area contributed by atoms with E-state index in [0.29, 0.717) is 0 Å². The van der Waals surface area contributed by atoms with Crippen molar-refractivity contribution in [3.63, 3.8) is 0 Å². The molecule has 0 saturated carbocycles. The third-order valence-corrected chi connectivity index (χ3v) is 3.10. The molecule has 0 aromatic carbocycles. The Morgan fingerprint density at radius 2 is 1.47 bits per heavy atom. The molecule has 15 heavy (non-hydrogen) atoms. The minimum absolute atomic E-state index is 0.177. The van der Waals surface area contributed by atoms with Gasteiger partial charge in [0.05, 0.1) is 0 Å². The van der Waals surface area contributed by atoms with E-state index in [4.69, 9.17) is 0 Å². The largest absolute Gasteiger partial charge is 0.289 e. The molecule has 0 spiro atoms. The van der Waals surface area contributed by atoms with Crippen molar-refractivity contribution in [1.29, 1.82) is 0 Å². The minimum atomic E-state index is -1.36. The van der Waals surface area contributed by atoms with Crippen LogP contribution in [0.5, 0.6) is 0 Å². The van der Waals surface area contributed by atoms with E-state index in [1.54, 1.807) is 0 Å². The van der Waals surface area contributed by atoms with Gasteiger partial charge in [0.2, 0.25) is 0 Å². The second-order valence-corrected chi connectivity index (χ2v) is 6.59. The van der Waals surface area contributed by atoms with Gasteiger partial charge in [-0.3, -0.25) is 4.90 Å². The Morgan fingerprint density at radius 1 is 1.00 bits per heavy atom. The molecule has 1 rings (SSSR count). The number of likely N-dealkylation sites (tertiary alicyclic amines) is 1. The molecular weight excluding hydrogens is 196 g/mol. The smallest absolute Gasteiger partial charge is 0.148 e. The molecule has 1 aliphatic rings. The van der Waals surface area contributed by atoms with Crippen molar-refractivity contribution in [1.82, 2.24) is 4.90 Å². The predicted molar refractivity (Wildman–Crippen MR) is 59.5 cm³/mol. The molecule has 3 atom stereocenters. The molecule has 3 heteroatoms. The summed E-state index contributed by atoms with van der Waals surface area (Å²) in [5.41, 5.74) is -0.406. The molecular formula is C12H23F2N. The quantitative estimate of drug-likeness (QED) is 0.605. The number of alkyl halides is 2. The van der Waals surface area contributed by atoms with Crippen molar-refractivity contribution < 1.29 is 8.78 Å². The van der Waals surface area contributed by atoms with Gasteiger partial charge in [0.25, 0.3) is 0 Å². The third kappa shape index (κ3) is 2.49. The van der Waals surface area contributed by atoms with Gasteiger partial charge in [0.1, 0.15) is 12.3 Å². The topological polar surface area (TPSA) is 3.24 Å². The van der Waals surface area contributed by atoms with Crippen LogP contribution in [0.2, 0.25) is 0 Å². The fourth-order valence-corrected chi connectivity index (χ4v) is 2.41. The van der Waals surface area contributed by atoms with Gasteiger partial charge in [-0.25, -0.2) is 8.78 Å². The summed E-state index contributed by atoms with van der Waals surface area (Å²) in [5, 5.41) is 0. The van der Waals surface area contributed by atoms with Crippen LogP contribution in [-0.4, -0.2) is 35.4 Å². The fraction of sp³-hybridized carbons (Fsp3) is 1.00. The number of hydrogen-bond acceptors (Lipinski definition) is 1. The van der Waals surface area contributed by atoms with E-state index in [2.05, 4.69) is 0 Å². The molecule has 1 fully saturated rings. The molecule has 90 valence electrons. The van der Waals surface area contributed by atoms with Gasteiger partial charge in [-0.15, -0.1) is 0 Å². The average Bonchev–Trinajstić information content (AvgIpc) is 2.25. The lowest BCUT2D eigenvalue weighted by Crippen LogP contribution is -2.52. The van der Waals surface area contributed by atoms with E-state index in [0.717, 1.165) is 0 Å². The van der Waals surface area contributed by atoms with E-state index in [9.17, 15) is 8.78 Å². The van der Waals surface area contributed by atoms with Gasteiger partial charge >= 0.3 is 0 Å². The summed E-state index contributed by atoms with van der Waals surface area (Å²) in [6, 6.07) is -0.326. The van der Waals surface area contributed by atoms with E-state index >= 15 is 0 Å². The summed E-state index contributed by atoms with van der Waals surface area (Å²) in [6.07, 6.45) is -2.70. The van der Waals surface area contributed by atoms with Gasteiger partial charge in [-0.1, -0.05) is 20.8 Å². The molecule has 0 aromatic heterocycles. The van der Waals surface area contributed by atoms with E-state index < -0.39 is 12.3 Å². The first-order valence-corrected chi connectivity index (χ1v) is 5.60. The maximum Gasteiger partial charge on any atom is 0.148 e. The minimum Gasteiger partial charge on any atom is -0.289 e. The van der Waals surface area contributed by atoms with Gasteiger partial charge in [0, 0.05) is 18.1 Å². The molecule has 0 unspecified atom stereocenters. The van der Waals surface area contributed by atoms with Crippen LogP contribution in [0.1, 0.15) is 41.5 Å². The SMILES string of the molecule is CC(C)(C)[C@@H]1[C@H](F)[C@H](F)CN1C(C)(C)C. The van der Waals surface area contributed by atoms with Crippen molar-refractivity contribution in [2.24, 2.45) is 5.41 Å². The number of halogens is 2. The zero-order valence-corrected chi connectivity index (χ0v) is 10.6. The zero-order valence-electron chi connectivity index (χ0n) is 10.6. The summed E-state index contributed by atoms with van der Waals surface area (Å²) in [4.78, 5) is 1.96. The van der Waals surface area contributed by atoms with E-state index in [-0.39, 0.29) is 23.5 Å². The Labute approximate surface area is 91.8 Å². The lowest BCUT2D eigenvalue weighted by atomic mass is 9.82. The molecule has 0 bridgehead atoms. The van der Waals surface area contributed by atoms with Crippen LogP contribution in [0, 0.1) is 5.41 Å². The molecule has 1 nitrogen and oxygen atoms in total. The first kappa shape index (κ1) is 12.9. The molecule has 1 heterocycles. The number of nitrogens with zero attached hydrogens (tertiary/aromatic N) is 1. The van der Waals surface area contributed by atoms with E-state index in [1.165, 1.54) is 0 Å². The molecule has 0 radical (unpaired) electrons. The molecule has 1 aliphatic heterocycles.